The third-order valence-corrected chi connectivity index (χ3v) is 4.31. The first-order valence-electron chi connectivity index (χ1n) is 7.01. The number of nitrogens with zero attached hydrogens (tertiary/aromatic N) is 2. The SMILES string of the molecule is COC(=O)c1cc(Nc2nc(Cl)nc3sccc23)cc(C(=O)OC)c1. The number of carbonyl (C=O) groups is 2. The molecule has 9 heteroatoms. The second kappa shape index (κ2) is 7.04. The highest BCUT2D eigenvalue weighted by Crippen LogP contribution is 2.29. The molecule has 0 bridgehead atoms. The summed E-state index contributed by atoms with van der Waals surface area (Å²) in [4.78, 5) is 32.8. The van der Waals surface area contributed by atoms with Crippen molar-refractivity contribution in [1.82, 2.24) is 9.97 Å². The van der Waals surface area contributed by atoms with Crippen molar-refractivity contribution in [3.05, 3.63) is 46.1 Å². The van der Waals surface area contributed by atoms with Gasteiger partial charge in [-0.3, -0.25) is 0 Å². The van der Waals surface area contributed by atoms with E-state index < -0.39 is 11.9 Å². The molecule has 0 spiro atoms. The van der Waals surface area contributed by atoms with Crippen molar-refractivity contribution in [1.29, 1.82) is 0 Å². The van der Waals surface area contributed by atoms with Crippen LogP contribution in [0.4, 0.5) is 11.5 Å². The average Bonchev–Trinajstić information content (AvgIpc) is 3.08. The van der Waals surface area contributed by atoms with Gasteiger partial charge in [0.25, 0.3) is 0 Å². The Labute approximate surface area is 151 Å². The Morgan fingerprint density at radius 2 is 1.72 bits per heavy atom. The first-order chi connectivity index (χ1) is 12.0. The Hall–Kier alpha value is -2.71. The molecular weight excluding hydrogens is 366 g/mol. The van der Waals surface area contributed by atoms with Gasteiger partial charge in [-0.15, -0.1) is 11.3 Å². The summed E-state index contributed by atoms with van der Waals surface area (Å²) in [5.41, 5.74) is 0.870. The van der Waals surface area contributed by atoms with Crippen LogP contribution in [0.15, 0.2) is 29.6 Å². The minimum atomic E-state index is -0.574. The quantitative estimate of drug-likeness (QED) is 0.548. The molecule has 0 unspecified atom stereocenters. The van der Waals surface area contributed by atoms with E-state index in [1.165, 1.54) is 31.6 Å². The second-order valence-corrected chi connectivity index (χ2v) is 6.12. The van der Waals surface area contributed by atoms with Crippen molar-refractivity contribution in [3.63, 3.8) is 0 Å². The zero-order chi connectivity index (χ0) is 18.0. The van der Waals surface area contributed by atoms with Crippen molar-refractivity contribution in [3.8, 4) is 0 Å². The van der Waals surface area contributed by atoms with E-state index in [-0.39, 0.29) is 16.4 Å². The van der Waals surface area contributed by atoms with Gasteiger partial charge < -0.3 is 14.8 Å². The Bertz CT molecular complexity index is 939. The Morgan fingerprint density at radius 3 is 2.32 bits per heavy atom. The monoisotopic (exact) mass is 377 g/mol. The number of ether oxygens (including phenoxy) is 2. The van der Waals surface area contributed by atoms with Crippen molar-refractivity contribution in [2.24, 2.45) is 0 Å². The van der Waals surface area contributed by atoms with Crippen LogP contribution in [0, 0.1) is 0 Å². The minimum Gasteiger partial charge on any atom is -0.465 e. The Kier molecular flexibility index (Phi) is 4.82. The van der Waals surface area contributed by atoms with Crippen LogP contribution in [0.25, 0.3) is 10.2 Å². The molecule has 0 amide bonds. The van der Waals surface area contributed by atoms with Crippen molar-refractivity contribution in [2.45, 2.75) is 0 Å². The van der Waals surface area contributed by atoms with Gasteiger partial charge in [-0.25, -0.2) is 14.6 Å². The topological polar surface area (TPSA) is 90.4 Å². The predicted octanol–water partition coefficient (Wildman–Crippen LogP) is 3.66. The number of nitrogens with one attached hydrogen (secondary N) is 1. The molecule has 3 aromatic rings. The van der Waals surface area contributed by atoms with Crippen LogP contribution in [0.3, 0.4) is 0 Å². The summed E-state index contributed by atoms with van der Waals surface area (Å²) < 4.78 is 9.45. The van der Waals surface area contributed by atoms with Crippen molar-refractivity contribution < 1.29 is 19.1 Å². The van der Waals surface area contributed by atoms with Gasteiger partial charge in [-0.05, 0) is 41.2 Å². The molecule has 25 heavy (non-hydrogen) atoms. The van der Waals surface area contributed by atoms with Crippen LogP contribution in [0.5, 0.6) is 0 Å². The van der Waals surface area contributed by atoms with Gasteiger partial charge >= 0.3 is 11.9 Å². The number of benzene rings is 1. The molecule has 0 aliphatic carbocycles. The first-order valence-corrected chi connectivity index (χ1v) is 8.27. The number of rotatable bonds is 4. The molecule has 0 aliphatic rings. The molecule has 0 radical (unpaired) electrons. The highest BCUT2D eigenvalue weighted by atomic mass is 35.5. The molecule has 0 aliphatic heterocycles. The first kappa shape index (κ1) is 17.1. The van der Waals surface area contributed by atoms with E-state index in [0.29, 0.717) is 11.5 Å². The lowest BCUT2D eigenvalue weighted by molar-refractivity contribution is 0.0599. The lowest BCUT2D eigenvalue weighted by Crippen LogP contribution is -2.08. The molecule has 1 aromatic carbocycles. The number of aromatic nitrogens is 2. The van der Waals surface area contributed by atoms with Crippen LogP contribution < -0.4 is 5.32 Å². The lowest BCUT2D eigenvalue weighted by atomic mass is 10.1. The van der Waals surface area contributed by atoms with Crippen molar-refractivity contribution in [2.75, 3.05) is 19.5 Å². The summed E-state index contributed by atoms with van der Waals surface area (Å²) in [5.74, 6) is -0.681. The highest BCUT2D eigenvalue weighted by molar-refractivity contribution is 7.16. The molecule has 0 fully saturated rings. The van der Waals surface area contributed by atoms with Crippen LogP contribution in [0.1, 0.15) is 20.7 Å². The normalized spacial score (nSPS) is 10.5. The van der Waals surface area contributed by atoms with Gasteiger partial charge in [0.05, 0.1) is 30.7 Å². The number of hydrogen-bond donors (Lipinski definition) is 1. The van der Waals surface area contributed by atoms with Gasteiger partial charge in [-0.1, -0.05) is 0 Å². The van der Waals surface area contributed by atoms with Crippen molar-refractivity contribution >= 4 is 56.6 Å². The van der Waals surface area contributed by atoms with E-state index in [0.717, 1.165) is 10.2 Å². The third-order valence-electron chi connectivity index (χ3n) is 3.34. The number of hydrogen-bond acceptors (Lipinski definition) is 8. The molecular formula is C16H12ClN3O4S. The molecule has 0 atom stereocenters. The zero-order valence-electron chi connectivity index (χ0n) is 13.2. The number of halogens is 1. The van der Waals surface area contributed by atoms with Gasteiger partial charge in [0.1, 0.15) is 10.6 Å². The lowest BCUT2D eigenvalue weighted by Gasteiger charge is -2.10. The second-order valence-electron chi connectivity index (χ2n) is 4.89. The van der Waals surface area contributed by atoms with E-state index in [2.05, 4.69) is 15.3 Å². The number of esters is 2. The summed E-state index contributed by atoms with van der Waals surface area (Å²) in [7, 11) is 2.53. The zero-order valence-corrected chi connectivity index (χ0v) is 14.8. The molecule has 128 valence electrons. The third kappa shape index (κ3) is 3.54. The van der Waals surface area contributed by atoms with Gasteiger partial charge in [-0.2, -0.15) is 4.98 Å². The Balaban J connectivity index is 2.07. The maximum atomic E-state index is 11.9. The molecule has 1 N–H and O–H groups in total. The maximum Gasteiger partial charge on any atom is 0.337 e. The van der Waals surface area contributed by atoms with Crippen LogP contribution in [-0.4, -0.2) is 36.1 Å². The largest absolute Gasteiger partial charge is 0.465 e. The number of carbonyl (C=O) groups excluding carboxylic acids is 2. The van der Waals surface area contributed by atoms with E-state index in [1.54, 1.807) is 12.1 Å². The van der Waals surface area contributed by atoms with E-state index in [4.69, 9.17) is 21.1 Å². The van der Waals surface area contributed by atoms with Crippen LogP contribution in [0.2, 0.25) is 5.28 Å². The Morgan fingerprint density at radius 1 is 1.08 bits per heavy atom. The summed E-state index contributed by atoms with van der Waals surface area (Å²) in [6.07, 6.45) is 0. The van der Waals surface area contributed by atoms with Gasteiger partial charge in [0.2, 0.25) is 5.28 Å². The average molecular weight is 378 g/mol. The number of thiophene rings is 1. The molecule has 7 nitrogen and oxygen atoms in total. The predicted molar refractivity (Wildman–Crippen MR) is 94.8 cm³/mol. The molecule has 2 heterocycles. The molecule has 2 aromatic heterocycles. The highest BCUT2D eigenvalue weighted by Gasteiger charge is 2.15. The number of methoxy groups -OCH3 is 2. The van der Waals surface area contributed by atoms with Crippen LogP contribution >= 0.6 is 22.9 Å². The summed E-state index contributed by atoms with van der Waals surface area (Å²) in [5, 5.41) is 5.80. The molecule has 3 rings (SSSR count). The smallest absolute Gasteiger partial charge is 0.337 e. The number of fused-ring (bicyclic) bond motifs is 1. The fourth-order valence-electron chi connectivity index (χ4n) is 2.23. The number of anilines is 2. The molecule has 0 saturated carbocycles. The summed E-state index contributed by atoms with van der Waals surface area (Å²) in [6, 6.07) is 6.35. The van der Waals surface area contributed by atoms with E-state index in [9.17, 15) is 9.59 Å². The van der Waals surface area contributed by atoms with Gasteiger partial charge in [0, 0.05) is 5.69 Å². The summed E-state index contributed by atoms with van der Waals surface area (Å²) in [6.45, 7) is 0. The summed E-state index contributed by atoms with van der Waals surface area (Å²) >= 11 is 7.38. The van der Waals surface area contributed by atoms with Gasteiger partial charge in [0.15, 0.2) is 0 Å². The maximum absolute atomic E-state index is 11.9. The van der Waals surface area contributed by atoms with Crippen LogP contribution in [-0.2, 0) is 9.47 Å². The fraction of sp³-hybridized carbons (Fsp3) is 0.125. The van der Waals surface area contributed by atoms with E-state index >= 15 is 0 Å². The minimum absolute atomic E-state index is 0.0924. The van der Waals surface area contributed by atoms with E-state index in [1.807, 2.05) is 11.4 Å². The standard InChI is InChI=1S/C16H12ClN3O4S/c1-23-14(21)8-5-9(15(22)24-2)7-10(6-8)18-12-11-3-4-25-13(11)20-16(17)19-12/h3-7H,1-2H3,(H,18,19,20). The molecule has 0 saturated heterocycles. The fourth-order valence-corrected chi connectivity index (χ4v) is 3.22.